The third-order valence-electron chi connectivity index (χ3n) is 3.69. The maximum Gasteiger partial charge on any atom is 0.303 e. The molecule has 1 unspecified atom stereocenters. The van der Waals surface area contributed by atoms with E-state index in [1.807, 2.05) is 13.8 Å². The Morgan fingerprint density at radius 3 is 2.62 bits per heavy atom. The summed E-state index contributed by atoms with van der Waals surface area (Å²) in [6, 6.07) is 5.02. The van der Waals surface area contributed by atoms with E-state index in [0.29, 0.717) is 12.2 Å². The van der Waals surface area contributed by atoms with E-state index in [0.717, 1.165) is 22.4 Å². The van der Waals surface area contributed by atoms with Crippen LogP contribution in [0.15, 0.2) is 22.7 Å². The Balaban J connectivity index is 2.60. The van der Waals surface area contributed by atoms with Gasteiger partial charge in [-0.05, 0) is 49.4 Å². The summed E-state index contributed by atoms with van der Waals surface area (Å²) in [5, 5.41) is 22.8. The molecule has 0 saturated heterocycles. The minimum Gasteiger partial charge on any atom is -0.508 e. The van der Waals surface area contributed by atoms with Gasteiger partial charge in [-0.3, -0.25) is 4.79 Å². The van der Waals surface area contributed by atoms with Crippen molar-refractivity contribution in [3.05, 3.63) is 35.2 Å². The fourth-order valence-corrected chi connectivity index (χ4v) is 2.67. The molecule has 0 aliphatic carbocycles. The van der Waals surface area contributed by atoms with Gasteiger partial charge in [-0.2, -0.15) is 0 Å². The Morgan fingerprint density at radius 1 is 1.38 bits per heavy atom. The molecule has 0 bridgehead atoms. The molecular formula is C16H19NO4. The molecular weight excluding hydrogens is 270 g/mol. The van der Waals surface area contributed by atoms with Crippen molar-refractivity contribution in [2.24, 2.45) is 0 Å². The molecule has 0 amide bonds. The van der Waals surface area contributed by atoms with Crippen molar-refractivity contribution in [3.8, 4) is 16.9 Å². The minimum atomic E-state index is -0.834. The summed E-state index contributed by atoms with van der Waals surface area (Å²) in [6.45, 7) is 5.59. The predicted octanol–water partition coefficient (Wildman–Crippen LogP) is 3.63. The fourth-order valence-electron chi connectivity index (χ4n) is 2.67. The van der Waals surface area contributed by atoms with Crippen LogP contribution in [0.25, 0.3) is 11.1 Å². The monoisotopic (exact) mass is 289 g/mol. The van der Waals surface area contributed by atoms with E-state index in [4.69, 9.17) is 9.63 Å². The average Bonchev–Trinajstić information content (AvgIpc) is 2.75. The van der Waals surface area contributed by atoms with Crippen LogP contribution in [0.5, 0.6) is 5.75 Å². The second-order valence-corrected chi connectivity index (χ2v) is 5.17. The Morgan fingerprint density at radius 2 is 2.10 bits per heavy atom. The van der Waals surface area contributed by atoms with E-state index in [9.17, 15) is 9.90 Å². The molecule has 5 heteroatoms. The second kappa shape index (κ2) is 5.99. The van der Waals surface area contributed by atoms with Gasteiger partial charge in [-0.15, -0.1) is 0 Å². The van der Waals surface area contributed by atoms with Gasteiger partial charge >= 0.3 is 5.97 Å². The highest BCUT2D eigenvalue weighted by molar-refractivity contribution is 5.75. The number of phenols is 1. The Kier molecular flexibility index (Phi) is 4.31. The number of aryl methyl sites for hydroxylation is 2. The summed E-state index contributed by atoms with van der Waals surface area (Å²) in [4.78, 5) is 11.1. The second-order valence-electron chi connectivity index (χ2n) is 5.17. The van der Waals surface area contributed by atoms with Gasteiger partial charge < -0.3 is 14.7 Å². The summed E-state index contributed by atoms with van der Waals surface area (Å²) >= 11 is 0. The zero-order chi connectivity index (χ0) is 15.6. The van der Waals surface area contributed by atoms with Crippen LogP contribution < -0.4 is 0 Å². The summed E-state index contributed by atoms with van der Waals surface area (Å²) in [5.74, 6) is -0.158. The van der Waals surface area contributed by atoms with Gasteiger partial charge in [-0.1, -0.05) is 18.1 Å². The molecule has 0 spiro atoms. The summed E-state index contributed by atoms with van der Waals surface area (Å²) in [7, 11) is 0. The van der Waals surface area contributed by atoms with Crippen LogP contribution in [0.2, 0.25) is 0 Å². The molecule has 2 aromatic rings. The first-order valence-corrected chi connectivity index (χ1v) is 6.92. The third-order valence-corrected chi connectivity index (χ3v) is 3.69. The van der Waals surface area contributed by atoms with Gasteiger partial charge in [0.2, 0.25) is 0 Å². The van der Waals surface area contributed by atoms with E-state index >= 15 is 0 Å². The van der Waals surface area contributed by atoms with Crippen molar-refractivity contribution in [2.45, 2.75) is 39.5 Å². The average molecular weight is 289 g/mol. The summed E-state index contributed by atoms with van der Waals surface area (Å²) < 4.78 is 5.19. The molecule has 5 nitrogen and oxygen atoms in total. The van der Waals surface area contributed by atoms with Crippen LogP contribution in [0, 0.1) is 13.8 Å². The SMILES string of the molecule is CCC(CC(=O)O)c1ccc(O)cc1-c1c(C)noc1C. The molecule has 1 aromatic carbocycles. The van der Waals surface area contributed by atoms with Crippen molar-refractivity contribution in [3.63, 3.8) is 0 Å². The molecule has 0 aliphatic heterocycles. The topological polar surface area (TPSA) is 83.6 Å². The summed E-state index contributed by atoms with van der Waals surface area (Å²) in [5.41, 5.74) is 3.24. The molecule has 0 radical (unpaired) electrons. The number of carboxylic acids is 1. The van der Waals surface area contributed by atoms with Gasteiger partial charge in [0.25, 0.3) is 0 Å². The fraction of sp³-hybridized carbons (Fsp3) is 0.375. The third kappa shape index (κ3) is 3.07. The number of hydrogen-bond donors (Lipinski definition) is 2. The number of aromatic hydroxyl groups is 1. The van der Waals surface area contributed by atoms with Gasteiger partial charge in [0.15, 0.2) is 0 Å². The highest BCUT2D eigenvalue weighted by Crippen LogP contribution is 2.38. The lowest BCUT2D eigenvalue weighted by molar-refractivity contribution is -0.137. The largest absolute Gasteiger partial charge is 0.508 e. The van der Waals surface area contributed by atoms with Crippen LogP contribution >= 0.6 is 0 Å². The van der Waals surface area contributed by atoms with Gasteiger partial charge in [0.1, 0.15) is 11.5 Å². The van der Waals surface area contributed by atoms with Gasteiger partial charge in [0.05, 0.1) is 12.1 Å². The smallest absolute Gasteiger partial charge is 0.303 e. The lowest BCUT2D eigenvalue weighted by Crippen LogP contribution is -2.07. The molecule has 0 fully saturated rings. The van der Waals surface area contributed by atoms with E-state index in [1.54, 1.807) is 25.1 Å². The van der Waals surface area contributed by atoms with Crippen molar-refractivity contribution < 1.29 is 19.5 Å². The molecule has 1 heterocycles. The number of rotatable bonds is 5. The molecule has 1 atom stereocenters. The molecule has 2 rings (SSSR count). The zero-order valence-corrected chi connectivity index (χ0v) is 12.4. The number of benzene rings is 1. The van der Waals surface area contributed by atoms with Crippen LogP contribution in [-0.2, 0) is 4.79 Å². The van der Waals surface area contributed by atoms with E-state index in [-0.39, 0.29) is 18.1 Å². The van der Waals surface area contributed by atoms with Crippen LogP contribution in [-0.4, -0.2) is 21.3 Å². The number of aromatic nitrogens is 1. The maximum absolute atomic E-state index is 11.1. The lowest BCUT2D eigenvalue weighted by Gasteiger charge is -2.18. The lowest BCUT2D eigenvalue weighted by atomic mass is 9.86. The van der Waals surface area contributed by atoms with Crippen molar-refractivity contribution in [2.75, 3.05) is 0 Å². The van der Waals surface area contributed by atoms with Crippen LogP contribution in [0.4, 0.5) is 0 Å². The normalized spacial score (nSPS) is 12.3. The van der Waals surface area contributed by atoms with E-state index in [2.05, 4.69) is 5.16 Å². The first-order valence-electron chi connectivity index (χ1n) is 6.92. The number of hydrogen-bond acceptors (Lipinski definition) is 4. The zero-order valence-electron chi connectivity index (χ0n) is 12.4. The number of aliphatic carboxylic acids is 1. The molecule has 2 N–H and O–H groups in total. The maximum atomic E-state index is 11.1. The first kappa shape index (κ1) is 15.1. The molecule has 0 saturated carbocycles. The number of carbonyl (C=O) groups is 1. The van der Waals surface area contributed by atoms with E-state index in [1.165, 1.54) is 0 Å². The number of nitrogens with zero attached hydrogens (tertiary/aromatic N) is 1. The quantitative estimate of drug-likeness (QED) is 0.878. The molecule has 21 heavy (non-hydrogen) atoms. The van der Waals surface area contributed by atoms with Gasteiger partial charge in [-0.25, -0.2) is 0 Å². The number of phenolic OH excluding ortho intramolecular Hbond substituents is 1. The van der Waals surface area contributed by atoms with E-state index < -0.39 is 5.97 Å². The molecule has 112 valence electrons. The Labute approximate surface area is 123 Å². The highest BCUT2D eigenvalue weighted by Gasteiger charge is 2.22. The standard InChI is InChI=1S/C16H19NO4/c1-4-11(7-15(19)20)13-6-5-12(18)8-14(13)16-9(2)17-21-10(16)3/h5-6,8,11,18H,4,7H2,1-3H3,(H,19,20). The summed E-state index contributed by atoms with van der Waals surface area (Å²) in [6.07, 6.45) is 0.755. The minimum absolute atomic E-state index is 0.0532. The molecule has 0 aliphatic rings. The van der Waals surface area contributed by atoms with Gasteiger partial charge in [0, 0.05) is 5.56 Å². The van der Waals surface area contributed by atoms with Crippen molar-refractivity contribution >= 4 is 5.97 Å². The predicted molar refractivity (Wildman–Crippen MR) is 78.4 cm³/mol. The Hall–Kier alpha value is -2.30. The first-order chi connectivity index (χ1) is 9.93. The van der Waals surface area contributed by atoms with Crippen molar-refractivity contribution in [1.29, 1.82) is 0 Å². The number of carboxylic acid groups (broad SMARTS) is 1. The molecule has 1 aromatic heterocycles. The van der Waals surface area contributed by atoms with Crippen LogP contribution in [0.1, 0.15) is 42.7 Å². The van der Waals surface area contributed by atoms with Crippen LogP contribution in [0.3, 0.4) is 0 Å². The van der Waals surface area contributed by atoms with Crippen molar-refractivity contribution in [1.82, 2.24) is 5.16 Å². The Bertz CT molecular complexity index is 641. The highest BCUT2D eigenvalue weighted by atomic mass is 16.5.